The number of nitrogens with one attached hydrogen (secondary N) is 1. The van der Waals surface area contributed by atoms with Crippen molar-refractivity contribution in [2.75, 3.05) is 5.43 Å². The molecule has 0 spiro atoms. The van der Waals surface area contributed by atoms with Gasteiger partial charge in [0.05, 0.1) is 21.1 Å². The lowest BCUT2D eigenvalue weighted by Crippen LogP contribution is -1.98. The van der Waals surface area contributed by atoms with Gasteiger partial charge in [0, 0.05) is 17.0 Å². The van der Waals surface area contributed by atoms with Gasteiger partial charge in [0.15, 0.2) is 0 Å². The van der Waals surface area contributed by atoms with Crippen LogP contribution in [0.15, 0.2) is 52.0 Å². The van der Waals surface area contributed by atoms with Crippen LogP contribution in [0.1, 0.15) is 16.7 Å². The topological polar surface area (TPSA) is 80.4 Å². The second kappa shape index (κ2) is 6.98. The minimum Gasteiger partial charge on any atom is -0.261 e. The zero-order chi connectivity index (χ0) is 18.0. The van der Waals surface area contributed by atoms with E-state index in [1.165, 1.54) is 12.3 Å². The number of aryl methyl sites for hydroxylation is 2. The van der Waals surface area contributed by atoms with E-state index in [-0.39, 0.29) is 5.69 Å². The summed E-state index contributed by atoms with van der Waals surface area (Å²) in [6.07, 6.45) is 1.53. The molecule has 0 aliphatic heterocycles. The number of rotatable bonds is 4. The van der Waals surface area contributed by atoms with Crippen molar-refractivity contribution < 1.29 is 4.92 Å². The van der Waals surface area contributed by atoms with E-state index in [2.05, 4.69) is 37.5 Å². The summed E-state index contributed by atoms with van der Waals surface area (Å²) < 4.78 is 0.435. The highest BCUT2D eigenvalue weighted by atomic mass is 79.9. The fraction of sp³-hybridized carbons (Fsp3) is 0.111. The van der Waals surface area contributed by atoms with Gasteiger partial charge in [-0.3, -0.25) is 15.5 Å². The number of nitro benzene ring substituents is 1. The number of nitrogens with zero attached hydrogens (tertiary/aromatic N) is 3. The lowest BCUT2D eigenvalue weighted by atomic mass is 10.1. The molecule has 1 aromatic heterocycles. The number of benzene rings is 2. The van der Waals surface area contributed by atoms with E-state index in [4.69, 9.17) is 0 Å². The average Bonchev–Trinajstić information content (AvgIpc) is 2.57. The Morgan fingerprint density at radius 3 is 2.76 bits per heavy atom. The van der Waals surface area contributed by atoms with Crippen molar-refractivity contribution in [3.05, 3.63) is 73.7 Å². The normalized spacial score (nSPS) is 11.2. The molecule has 0 saturated carbocycles. The zero-order valence-electron chi connectivity index (χ0n) is 13.7. The van der Waals surface area contributed by atoms with Crippen LogP contribution in [0.25, 0.3) is 10.9 Å². The fourth-order valence-electron chi connectivity index (χ4n) is 2.41. The molecule has 0 aliphatic rings. The first kappa shape index (κ1) is 17.0. The molecule has 7 heteroatoms. The van der Waals surface area contributed by atoms with Crippen LogP contribution in [0.4, 0.5) is 11.5 Å². The molecule has 0 aliphatic carbocycles. The third-order valence-corrected chi connectivity index (χ3v) is 4.39. The molecule has 3 rings (SSSR count). The number of nitro groups is 1. The number of hydrogen-bond donors (Lipinski definition) is 1. The number of halogens is 1. The van der Waals surface area contributed by atoms with Gasteiger partial charge in [-0.2, -0.15) is 5.10 Å². The first-order chi connectivity index (χ1) is 11.9. The molecular weight excluding hydrogens is 384 g/mol. The van der Waals surface area contributed by atoms with Crippen LogP contribution in [-0.2, 0) is 0 Å². The van der Waals surface area contributed by atoms with Gasteiger partial charge in [0.25, 0.3) is 5.69 Å². The maximum absolute atomic E-state index is 11.0. The van der Waals surface area contributed by atoms with Gasteiger partial charge in [-0.25, -0.2) is 4.98 Å². The molecule has 1 N–H and O–H groups in total. The van der Waals surface area contributed by atoms with Crippen molar-refractivity contribution >= 4 is 44.6 Å². The van der Waals surface area contributed by atoms with Gasteiger partial charge >= 0.3 is 0 Å². The van der Waals surface area contributed by atoms with E-state index in [1.807, 2.05) is 32.0 Å². The molecule has 1 heterocycles. The standard InChI is InChI=1S/C18H15BrN4O2/c1-11-3-5-14-8-12(2)18(21-16(14)7-11)22-20-10-13-4-6-15(19)17(9-13)23(24)25/h3-10H,1-2H3,(H,21,22)/b20-10+. The molecule has 0 fully saturated rings. The van der Waals surface area contributed by atoms with Crippen molar-refractivity contribution in [1.29, 1.82) is 0 Å². The number of fused-ring (bicyclic) bond motifs is 1. The third-order valence-electron chi connectivity index (χ3n) is 3.71. The summed E-state index contributed by atoms with van der Waals surface area (Å²) in [6, 6.07) is 13.0. The first-order valence-electron chi connectivity index (χ1n) is 7.55. The van der Waals surface area contributed by atoms with Gasteiger partial charge < -0.3 is 0 Å². The van der Waals surface area contributed by atoms with E-state index in [9.17, 15) is 10.1 Å². The Morgan fingerprint density at radius 2 is 2.00 bits per heavy atom. The van der Waals surface area contributed by atoms with Gasteiger partial charge in [-0.1, -0.05) is 18.2 Å². The molecule has 0 unspecified atom stereocenters. The quantitative estimate of drug-likeness (QED) is 0.382. The van der Waals surface area contributed by atoms with E-state index < -0.39 is 4.92 Å². The number of hydrazone groups is 1. The van der Waals surface area contributed by atoms with Gasteiger partial charge in [0.1, 0.15) is 5.82 Å². The van der Waals surface area contributed by atoms with Crippen molar-refractivity contribution in [2.45, 2.75) is 13.8 Å². The Hall–Kier alpha value is -2.80. The second-order valence-electron chi connectivity index (χ2n) is 5.69. The van der Waals surface area contributed by atoms with E-state index in [0.29, 0.717) is 15.9 Å². The van der Waals surface area contributed by atoms with Crippen LogP contribution >= 0.6 is 15.9 Å². The molecular formula is C18H15BrN4O2. The summed E-state index contributed by atoms with van der Waals surface area (Å²) in [7, 11) is 0. The maximum Gasteiger partial charge on any atom is 0.284 e. The van der Waals surface area contributed by atoms with Crippen LogP contribution in [0, 0.1) is 24.0 Å². The predicted molar refractivity (Wildman–Crippen MR) is 103 cm³/mol. The highest BCUT2D eigenvalue weighted by Crippen LogP contribution is 2.25. The second-order valence-corrected chi connectivity index (χ2v) is 6.54. The predicted octanol–water partition coefficient (Wildman–Crippen LogP) is 4.97. The Kier molecular flexibility index (Phi) is 4.76. The van der Waals surface area contributed by atoms with Crippen molar-refractivity contribution in [1.82, 2.24) is 4.98 Å². The fourth-order valence-corrected chi connectivity index (χ4v) is 2.81. The van der Waals surface area contributed by atoms with Crippen LogP contribution < -0.4 is 5.43 Å². The summed E-state index contributed by atoms with van der Waals surface area (Å²) in [5.74, 6) is 0.654. The minimum atomic E-state index is -0.438. The van der Waals surface area contributed by atoms with E-state index in [0.717, 1.165) is 22.0 Å². The van der Waals surface area contributed by atoms with E-state index >= 15 is 0 Å². The summed E-state index contributed by atoms with van der Waals surface area (Å²) in [4.78, 5) is 15.1. The third kappa shape index (κ3) is 3.83. The number of anilines is 1. The highest BCUT2D eigenvalue weighted by molar-refractivity contribution is 9.10. The molecule has 0 saturated heterocycles. The van der Waals surface area contributed by atoms with Gasteiger partial charge in [-0.15, -0.1) is 0 Å². The molecule has 0 bridgehead atoms. The molecule has 0 atom stereocenters. The number of pyridine rings is 1. The average molecular weight is 399 g/mol. The minimum absolute atomic E-state index is 0.000522. The van der Waals surface area contributed by atoms with Crippen LogP contribution in [0.5, 0.6) is 0 Å². The Bertz CT molecular complexity index is 1000. The molecule has 3 aromatic rings. The number of aromatic nitrogens is 1. The molecule has 0 radical (unpaired) electrons. The van der Waals surface area contributed by atoms with Crippen molar-refractivity contribution in [3.63, 3.8) is 0 Å². The SMILES string of the molecule is Cc1ccc2cc(C)c(N/N=C/c3ccc(Br)c([N+](=O)[O-])c3)nc2c1. The summed E-state index contributed by atoms with van der Waals surface area (Å²) >= 11 is 3.16. The molecule has 2 aromatic carbocycles. The summed E-state index contributed by atoms with van der Waals surface area (Å²) in [5, 5.41) is 16.2. The summed E-state index contributed by atoms with van der Waals surface area (Å²) in [6.45, 7) is 3.97. The van der Waals surface area contributed by atoms with Gasteiger partial charge in [0.2, 0.25) is 0 Å². The van der Waals surface area contributed by atoms with Crippen LogP contribution in [0.3, 0.4) is 0 Å². The molecule has 25 heavy (non-hydrogen) atoms. The van der Waals surface area contributed by atoms with Crippen LogP contribution in [-0.4, -0.2) is 16.1 Å². The molecule has 126 valence electrons. The van der Waals surface area contributed by atoms with Gasteiger partial charge in [-0.05, 0) is 59.1 Å². The smallest absolute Gasteiger partial charge is 0.261 e. The monoisotopic (exact) mass is 398 g/mol. The largest absolute Gasteiger partial charge is 0.284 e. The Balaban J connectivity index is 1.85. The van der Waals surface area contributed by atoms with Crippen LogP contribution in [0.2, 0.25) is 0 Å². The van der Waals surface area contributed by atoms with Crippen molar-refractivity contribution in [3.8, 4) is 0 Å². The zero-order valence-corrected chi connectivity index (χ0v) is 15.2. The Labute approximate surface area is 152 Å². The van der Waals surface area contributed by atoms with Crippen molar-refractivity contribution in [2.24, 2.45) is 5.10 Å². The van der Waals surface area contributed by atoms with E-state index in [1.54, 1.807) is 12.1 Å². The molecule has 0 amide bonds. The highest BCUT2D eigenvalue weighted by Gasteiger charge is 2.11. The Morgan fingerprint density at radius 1 is 1.20 bits per heavy atom. The first-order valence-corrected chi connectivity index (χ1v) is 8.34. The maximum atomic E-state index is 11.0. The number of hydrogen-bond acceptors (Lipinski definition) is 5. The molecule has 6 nitrogen and oxygen atoms in total. The lowest BCUT2D eigenvalue weighted by Gasteiger charge is -2.07. The lowest BCUT2D eigenvalue weighted by molar-refractivity contribution is -0.385. The summed E-state index contributed by atoms with van der Waals surface area (Å²) in [5.41, 5.74) is 6.53.